The molecule has 4 rings (SSSR count). The third-order valence-corrected chi connectivity index (χ3v) is 6.61. The lowest BCUT2D eigenvalue weighted by molar-refractivity contribution is -0.151. The Morgan fingerprint density at radius 2 is 1.87 bits per heavy atom. The van der Waals surface area contributed by atoms with Gasteiger partial charge in [0.1, 0.15) is 11.2 Å². The van der Waals surface area contributed by atoms with E-state index in [1.165, 1.54) is 11.5 Å². The Kier molecular flexibility index (Phi) is 5.63. The van der Waals surface area contributed by atoms with Crippen LogP contribution in [0.4, 0.5) is 13.2 Å². The van der Waals surface area contributed by atoms with E-state index in [-0.39, 0.29) is 30.7 Å². The van der Waals surface area contributed by atoms with Crippen molar-refractivity contribution in [2.24, 2.45) is 0 Å². The van der Waals surface area contributed by atoms with Crippen molar-refractivity contribution in [2.75, 3.05) is 13.7 Å². The smallest absolute Gasteiger partial charge is 0.431 e. The fourth-order valence-electron chi connectivity index (χ4n) is 4.51. The standard InChI is InChI=1S/C23H26ClF3N2O2/c1-4-31-21(30)22(11-12-22)28(3)13-18-19(15-5-7-16(24)8-6-15)14(2)20(23(25,26)27)29(18)17-9-10-17/h5-8,17H,4,9-13H2,1-3H3. The summed E-state index contributed by atoms with van der Waals surface area (Å²) in [5.74, 6) is -0.303. The number of rotatable bonds is 7. The molecule has 31 heavy (non-hydrogen) atoms. The molecule has 0 N–H and O–H groups in total. The van der Waals surface area contributed by atoms with E-state index < -0.39 is 17.4 Å². The summed E-state index contributed by atoms with van der Waals surface area (Å²) in [4.78, 5) is 14.4. The van der Waals surface area contributed by atoms with Crippen molar-refractivity contribution in [1.82, 2.24) is 9.47 Å². The summed E-state index contributed by atoms with van der Waals surface area (Å²) in [7, 11) is 1.79. The average Bonchev–Trinajstić information content (AvgIpc) is 3.60. The first-order valence-corrected chi connectivity index (χ1v) is 10.9. The molecule has 168 valence electrons. The molecule has 0 saturated heterocycles. The summed E-state index contributed by atoms with van der Waals surface area (Å²) in [6.07, 6.45) is -1.74. The fraction of sp³-hybridized carbons (Fsp3) is 0.522. The van der Waals surface area contributed by atoms with Gasteiger partial charge >= 0.3 is 12.1 Å². The Hall–Kier alpha value is -1.99. The van der Waals surface area contributed by atoms with Gasteiger partial charge in [-0.05, 0) is 69.8 Å². The largest absolute Gasteiger partial charge is 0.465 e. The maximum Gasteiger partial charge on any atom is 0.431 e. The lowest BCUT2D eigenvalue weighted by Crippen LogP contribution is -2.42. The molecule has 1 heterocycles. The second-order valence-electron chi connectivity index (χ2n) is 8.51. The van der Waals surface area contributed by atoms with E-state index in [1.807, 2.05) is 4.90 Å². The molecule has 4 nitrogen and oxygen atoms in total. The van der Waals surface area contributed by atoms with Gasteiger partial charge < -0.3 is 9.30 Å². The maximum absolute atomic E-state index is 14.2. The molecule has 2 aromatic rings. The zero-order valence-corrected chi connectivity index (χ0v) is 18.6. The number of hydrogen-bond acceptors (Lipinski definition) is 3. The van der Waals surface area contributed by atoms with E-state index in [2.05, 4.69) is 0 Å². The highest BCUT2D eigenvalue weighted by Gasteiger charge is 2.55. The normalized spacial score (nSPS) is 17.8. The summed E-state index contributed by atoms with van der Waals surface area (Å²) >= 11 is 6.02. The number of alkyl halides is 3. The molecule has 2 saturated carbocycles. The number of likely N-dealkylation sites (N-methyl/N-ethyl adjacent to an activating group) is 1. The van der Waals surface area contributed by atoms with Gasteiger partial charge in [0.2, 0.25) is 0 Å². The first-order valence-electron chi connectivity index (χ1n) is 10.6. The van der Waals surface area contributed by atoms with Crippen molar-refractivity contribution in [1.29, 1.82) is 0 Å². The summed E-state index contributed by atoms with van der Waals surface area (Å²) < 4.78 is 49.2. The van der Waals surface area contributed by atoms with Crippen LogP contribution in [0.3, 0.4) is 0 Å². The van der Waals surface area contributed by atoms with Gasteiger partial charge in [0.25, 0.3) is 0 Å². The molecule has 0 radical (unpaired) electrons. The van der Waals surface area contributed by atoms with Crippen LogP contribution in [0, 0.1) is 6.92 Å². The second-order valence-corrected chi connectivity index (χ2v) is 8.95. The Balaban J connectivity index is 1.84. The molecule has 0 atom stereocenters. The molecule has 1 aromatic carbocycles. The number of carbonyl (C=O) groups excluding carboxylic acids is 1. The quantitative estimate of drug-likeness (QED) is 0.481. The zero-order valence-electron chi connectivity index (χ0n) is 17.9. The first-order chi connectivity index (χ1) is 14.6. The van der Waals surface area contributed by atoms with Crippen molar-refractivity contribution in [3.8, 4) is 11.1 Å². The van der Waals surface area contributed by atoms with Crippen molar-refractivity contribution in [3.05, 3.63) is 46.2 Å². The van der Waals surface area contributed by atoms with Crippen molar-refractivity contribution in [2.45, 2.75) is 63.8 Å². The van der Waals surface area contributed by atoms with Crippen LogP contribution in [-0.2, 0) is 22.3 Å². The Bertz CT molecular complexity index is 990. The molecule has 8 heteroatoms. The molecular weight excluding hydrogens is 429 g/mol. The SMILES string of the molecule is CCOC(=O)C1(N(C)Cc2c(-c3ccc(Cl)cc3)c(C)c(C(F)(F)F)n2C2CC2)CC1. The molecule has 0 spiro atoms. The summed E-state index contributed by atoms with van der Waals surface area (Å²) in [6.45, 7) is 3.79. The predicted octanol–water partition coefficient (Wildman–Crippen LogP) is 6.00. The van der Waals surface area contributed by atoms with Crippen LogP contribution in [0.2, 0.25) is 5.02 Å². The highest BCUT2D eigenvalue weighted by Crippen LogP contribution is 2.50. The summed E-state index contributed by atoms with van der Waals surface area (Å²) in [5.41, 5.74) is 0.722. The fourth-order valence-corrected chi connectivity index (χ4v) is 4.64. The van der Waals surface area contributed by atoms with Crippen molar-refractivity contribution < 1.29 is 22.7 Å². The molecular formula is C23H26ClF3N2O2. The van der Waals surface area contributed by atoms with Gasteiger partial charge in [-0.3, -0.25) is 9.69 Å². The molecule has 2 aliphatic carbocycles. The molecule has 2 aliphatic rings. The van der Waals surface area contributed by atoms with E-state index in [0.29, 0.717) is 34.7 Å². The van der Waals surface area contributed by atoms with Crippen LogP contribution in [0.1, 0.15) is 55.6 Å². The lowest BCUT2D eigenvalue weighted by atomic mass is 10.00. The number of carbonyl (C=O) groups is 1. The number of halogens is 4. The van der Waals surface area contributed by atoms with Crippen LogP contribution in [0.25, 0.3) is 11.1 Å². The molecule has 0 aliphatic heterocycles. The van der Waals surface area contributed by atoms with Gasteiger partial charge in [0.15, 0.2) is 0 Å². The van der Waals surface area contributed by atoms with Crippen molar-refractivity contribution >= 4 is 17.6 Å². The molecule has 2 fully saturated rings. The predicted molar refractivity (Wildman–Crippen MR) is 113 cm³/mol. The highest BCUT2D eigenvalue weighted by atomic mass is 35.5. The average molecular weight is 455 g/mol. The highest BCUT2D eigenvalue weighted by molar-refractivity contribution is 6.30. The Labute approximate surface area is 184 Å². The molecule has 0 bridgehead atoms. The van der Waals surface area contributed by atoms with Crippen LogP contribution in [0.5, 0.6) is 0 Å². The number of aromatic nitrogens is 1. The summed E-state index contributed by atoms with van der Waals surface area (Å²) in [5, 5.41) is 0.525. The van der Waals surface area contributed by atoms with E-state index in [4.69, 9.17) is 16.3 Å². The lowest BCUT2D eigenvalue weighted by Gasteiger charge is -2.27. The number of ether oxygens (including phenoxy) is 1. The van der Waals surface area contributed by atoms with Crippen LogP contribution in [-0.4, -0.2) is 34.6 Å². The number of esters is 1. The molecule has 0 unspecified atom stereocenters. The minimum absolute atomic E-state index is 0.169. The van der Waals surface area contributed by atoms with Crippen molar-refractivity contribution in [3.63, 3.8) is 0 Å². The van der Waals surface area contributed by atoms with Gasteiger partial charge in [0.05, 0.1) is 6.61 Å². The third-order valence-electron chi connectivity index (χ3n) is 6.36. The minimum atomic E-state index is -4.47. The van der Waals surface area contributed by atoms with E-state index in [9.17, 15) is 18.0 Å². The maximum atomic E-state index is 14.2. The van der Waals surface area contributed by atoms with E-state index >= 15 is 0 Å². The number of nitrogens with zero attached hydrogens (tertiary/aromatic N) is 2. The first kappa shape index (κ1) is 22.2. The van der Waals surface area contributed by atoms with Crippen LogP contribution in [0.15, 0.2) is 24.3 Å². The van der Waals surface area contributed by atoms with Gasteiger partial charge in [0, 0.05) is 28.9 Å². The van der Waals surface area contributed by atoms with E-state index in [0.717, 1.165) is 12.8 Å². The minimum Gasteiger partial charge on any atom is -0.465 e. The third kappa shape index (κ3) is 3.98. The molecule has 1 aromatic heterocycles. The number of hydrogen-bond donors (Lipinski definition) is 0. The summed E-state index contributed by atoms with van der Waals surface area (Å²) in [6, 6.07) is 6.71. The zero-order chi connectivity index (χ0) is 22.6. The van der Waals surface area contributed by atoms with Gasteiger partial charge in [-0.25, -0.2) is 0 Å². The Morgan fingerprint density at radius 1 is 1.26 bits per heavy atom. The topological polar surface area (TPSA) is 34.5 Å². The van der Waals surface area contributed by atoms with Crippen LogP contribution >= 0.6 is 11.6 Å². The second kappa shape index (κ2) is 7.85. The number of benzene rings is 1. The van der Waals surface area contributed by atoms with Gasteiger partial charge in [-0.1, -0.05) is 23.7 Å². The molecule has 0 amide bonds. The van der Waals surface area contributed by atoms with Gasteiger partial charge in [-0.2, -0.15) is 13.2 Å². The van der Waals surface area contributed by atoms with Crippen LogP contribution < -0.4 is 0 Å². The van der Waals surface area contributed by atoms with Gasteiger partial charge in [-0.15, -0.1) is 0 Å². The van der Waals surface area contributed by atoms with E-state index in [1.54, 1.807) is 38.2 Å². The monoisotopic (exact) mass is 454 g/mol. The Morgan fingerprint density at radius 3 is 2.35 bits per heavy atom.